The van der Waals surface area contributed by atoms with E-state index in [-0.39, 0.29) is 17.7 Å². The quantitative estimate of drug-likeness (QED) is 0.252. The number of urea groups is 1. The fourth-order valence-electron chi connectivity index (χ4n) is 3.08. The molecule has 0 radical (unpaired) electrons. The summed E-state index contributed by atoms with van der Waals surface area (Å²) in [6, 6.07) is 15.8. The molecule has 0 atom stereocenters. The monoisotopic (exact) mass is 463 g/mol. The molecule has 4 rings (SSSR count). The number of amides is 3. The molecule has 0 spiro atoms. The Labute approximate surface area is 193 Å². The average molecular weight is 464 g/mol. The van der Waals surface area contributed by atoms with Gasteiger partial charge in [-0.2, -0.15) is 0 Å². The lowest BCUT2D eigenvalue weighted by Crippen LogP contribution is -2.19. The molecule has 0 aliphatic rings. The van der Waals surface area contributed by atoms with Gasteiger partial charge < -0.3 is 16.0 Å². The van der Waals surface area contributed by atoms with E-state index in [9.17, 15) is 9.59 Å². The van der Waals surface area contributed by atoms with Gasteiger partial charge in [-0.1, -0.05) is 36.0 Å². The Morgan fingerprint density at radius 2 is 1.59 bits per heavy atom. The van der Waals surface area contributed by atoms with Gasteiger partial charge in [-0.05, 0) is 49.7 Å². The molecule has 0 saturated carbocycles. The number of rotatable bonds is 6. The van der Waals surface area contributed by atoms with Crippen LogP contribution in [0.15, 0.2) is 66.0 Å². The Balaban J connectivity index is 1.35. The van der Waals surface area contributed by atoms with E-state index < -0.39 is 0 Å². The third-order valence-corrected chi connectivity index (χ3v) is 6.81. The maximum Gasteiger partial charge on any atom is 0.323 e. The summed E-state index contributed by atoms with van der Waals surface area (Å²) in [5, 5.41) is 10.2. The van der Waals surface area contributed by atoms with Gasteiger partial charge in [-0.25, -0.2) is 14.8 Å². The van der Waals surface area contributed by atoms with Crippen molar-refractivity contribution in [2.45, 2.75) is 18.9 Å². The first-order valence-electron chi connectivity index (χ1n) is 9.86. The van der Waals surface area contributed by atoms with E-state index in [0.29, 0.717) is 17.1 Å². The number of carbonyl (C=O) groups is 2. The second-order valence-electron chi connectivity index (χ2n) is 7.01. The van der Waals surface area contributed by atoms with Crippen LogP contribution in [0.5, 0.6) is 0 Å². The second kappa shape index (κ2) is 9.80. The molecule has 4 aromatic rings. The first-order chi connectivity index (χ1) is 15.5. The van der Waals surface area contributed by atoms with Crippen LogP contribution in [0.25, 0.3) is 10.2 Å². The van der Waals surface area contributed by atoms with Crippen molar-refractivity contribution in [2.24, 2.45) is 0 Å². The summed E-state index contributed by atoms with van der Waals surface area (Å²) in [7, 11) is 0. The summed E-state index contributed by atoms with van der Waals surface area (Å²) >= 11 is 3.02. The Kier molecular flexibility index (Phi) is 6.67. The number of benzene rings is 2. The highest BCUT2D eigenvalue weighted by Crippen LogP contribution is 2.34. The SMILES string of the molecule is Cc1sc2ncnc(SCC(=O)Nc3cccc(NC(=O)Nc4ccccc4)c3)c2c1C. The largest absolute Gasteiger partial charge is 0.325 e. The van der Waals surface area contributed by atoms with Crippen LogP contribution in [0.2, 0.25) is 0 Å². The molecule has 3 N–H and O–H groups in total. The normalized spacial score (nSPS) is 10.7. The summed E-state index contributed by atoms with van der Waals surface area (Å²) in [5.41, 5.74) is 3.02. The van der Waals surface area contributed by atoms with Crippen LogP contribution in [0.4, 0.5) is 21.9 Å². The lowest BCUT2D eigenvalue weighted by atomic mass is 10.2. The van der Waals surface area contributed by atoms with E-state index in [1.54, 1.807) is 47.7 Å². The lowest BCUT2D eigenvalue weighted by Gasteiger charge is -2.10. The second-order valence-corrected chi connectivity index (χ2v) is 9.17. The minimum absolute atomic E-state index is 0.155. The zero-order valence-corrected chi connectivity index (χ0v) is 19.1. The molecule has 0 fully saturated rings. The van der Waals surface area contributed by atoms with Crippen molar-refractivity contribution in [3.8, 4) is 0 Å². The Bertz CT molecular complexity index is 1270. The third kappa shape index (κ3) is 5.24. The van der Waals surface area contributed by atoms with Crippen LogP contribution < -0.4 is 16.0 Å². The van der Waals surface area contributed by atoms with Crippen molar-refractivity contribution in [2.75, 3.05) is 21.7 Å². The van der Waals surface area contributed by atoms with Gasteiger partial charge in [0.05, 0.1) is 5.75 Å². The van der Waals surface area contributed by atoms with Crippen molar-refractivity contribution in [1.29, 1.82) is 0 Å². The predicted octanol–water partition coefficient (Wildman–Crippen LogP) is 5.68. The van der Waals surface area contributed by atoms with Crippen molar-refractivity contribution in [1.82, 2.24) is 9.97 Å². The molecule has 32 heavy (non-hydrogen) atoms. The Hall–Kier alpha value is -3.43. The summed E-state index contributed by atoms with van der Waals surface area (Å²) in [4.78, 5) is 35.5. The molecule has 0 aliphatic heterocycles. The number of hydrogen-bond donors (Lipinski definition) is 3. The third-order valence-electron chi connectivity index (χ3n) is 4.71. The number of thioether (sulfide) groups is 1. The summed E-state index contributed by atoms with van der Waals surface area (Å²) in [5.74, 6) is 0.0596. The molecule has 0 bridgehead atoms. The van der Waals surface area contributed by atoms with Gasteiger partial charge in [0.25, 0.3) is 0 Å². The number of thiophene rings is 1. The first kappa shape index (κ1) is 21.8. The molecule has 2 aromatic heterocycles. The highest BCUT2D eigenvalue weighted by Gasteiger charge is 2.14. The van der Waals surface area contributed by atoms with Gasteiger partial charge in [-0.3, -0.25) is 4.79 Å². The van der Waals surface area contributed by atoms with Gasteiger partial charge in [0.1, 0.15) is 16.2 Å². The summed E-state index contributed by atoms with van der Waals surface area (Å²) < 4.78 is 0. The Morgan fingerprint density at radius 1 is 0.906 bits per heavy atom. The number of para-hydroxylation sites is 1. The fraction of sp³-hybridized carbons (Fsp3) is 0.130. The number of nitrogens with one attached hydrogen (secondary N) is 3. The molecule has 2 aromatic carbocycles. The Morgan fingerprint density at radius 3 is 2.38 bits per heavy atom. The van der Waals surface area contributed by atoms with E-state index in [1.165, 1.54) is 23.0 Å². The van der Waals surface area contributed by atoms with Crippen LogP contribution in [0.3, 0.4) is 0 Å². The zero-order valence-electron chi connectivity index (χ0n) is 17.5. The summed E-state index contributed by atoms with van der Waals surface area (Å²) in [6.45, 7) is 4.11. The van der Waals surface area contributed by atoms with E-state index in [1.807, 2.05) is 25.1 Å². The zero-order chi connectivity index (χ0) is 22.5. The topological polar surface area (TPSA) is 96.0 Å². The molecule has 3 amide bonds. The molecular formula is C23H21N5O2S2. The molecular weight excluding hydrogens is 442 g/mol. The lowest BCUT2D eigenvalue weighted by molar-refractivity contribution is -0.113. The number of carbonyl (C=O) groups excluding carboxylic acids is 2. The van der Waals surface area contributed by atoms with Crippen molar-refractivity contribution >= 4 is 62.3 Å². The number of aryl methyl sites for hydroxylation is 2. The van der Waals surface area contributed by atoms with Gasteiger partial charge in [-0.15, -0.1) is 11.3 Å². The van der Waals surface area contributed by atoms with E-state index >= 15 is 0 Å². The number of hydrogen-bond acceptors (Lipinski definition) is 6. The van der Waals surface area contributed by atoms with Crippen molar-refractivity contribution < 1.29 is 9.59 Å². The van der Waals surface area contributed by atoms with E-state index in [0.717, 1.165) is 20.8 Å². The molecule has 162 valence electrons. The van der Waals surface area contributed by atoms with Crippen LogP contribution in [0, 0.1) is 13.8 Å². The smallest absolute Gasteiger partial charge is 0.323 e. The number of anilines is 3. The highest BCUT2D eigenvalue weighted by atomic mass is 32.2. The van der Waals surface area contributed by atoms with Gasteiger partial charge in [0.2, 0.25) is 5.91 Å². The minimum atomic E-state index is -0.357. The first-order valence-corrected chi connectivity index (χ1v) is 11.7. The average Bonchev–Trinajstić information content (AvgIpc) is 3.07. The number of nitrogens with zero attached hydrogens (tertiary/aromatic N) is 2. The number of aromatic nitrogens is 2. The van der Waals surface area contributed by atoms with Crippen LogP contribution in [-0.4, -0.2) is 27.7 Å². The molecule has 7 nitrogen and oxygen atoms in total. The molecule has 0 saturated heterocycles. The van der Waals surface area contributed by atoms with E-state index in [4.69, 9.17) is 0 Å². The standard InChI is InChI=1S/C23H21N5O2S2/c1-14-15(2)32-22-20(14)21(24-13-25-22)31-12-19(29)26-17-9-6-10-18(11-17)28-23(30)27-16-7-4-3-5-8-16/h3-11,13H,12H2,1-2H3,(H,26,29)(H2,27,28,30). The van der Waals surface area contributed by atoms with Crippen molar-refractivity contribution in [3.05, 3.63) is 71.4 Å². The summed E-state index contributed by atoms with van der Waals surface area (Å²) in [6.07, 6.45) is 1.54. The highest BCUT2D eigenvalue weighted by molar-refractivity contribution is 8.00. The molecule has 0 unspecified atom stereocenters. The van der Waals surface area contributed by atoms with Crippen molar-refractivity contribution in [3.63, 3.8) is 0 Å². The van der Waals surface area contributed by atoms with Crippen LogP contribution >= 0.6 is 23.1 Å². The van der Waals surface area contributed by atoms with Crippen LogP contribution in [-0.2, 0) is 4.79 Å². The fourth-order valence-corrected chi connectivity index (χ4v) is 5.00. The van der Waals surface area contributed by atoms with Gasteiger partial charge in [0, 0.05) is 27.3 Å². The number of fused-ring (bicyclic) bond motifs is 1. The minimum Gasteiger partial charge on any atom is -0.325 e. The maximum atomic E-state index is 12.5. The van der Waals surface area contributed by atoms with Crippen LogP contribution in [0.1, 0.15) is 10.4 Å². The molecule has 9 heteroatoms. The van der Waals surface area contributed by atoms with E-state index in [2.05, 4.69) is 32.8 Å². The maximum absolute atomic E-state index is 12.5. The van der Waals surface area contributed by atoms with Gasteiger partial charge in [0.15, 0.2) is 0 Å². The van der Waals surface area contributed by atoms with Gasteiger partial charge >= 0.3 is 6.03 Å². The molecule has 2 heterocycles. The molecule has 0 aliphatic carbocycles. The predicted molar refractivity (Wildman–Crippen MR) is 132 cm³/mol.